The molecule has 4 aromatic rings. The molecule has 2 aromatic heterocycles. The van der Waals surface area contributed by atoms with Gasteiger partial charge in [0.25, 0.3) is 0 Å². The molecule has 2 heterocycles. The lowest BCUT2D eigenvalue weighted by molar-refractivity contribution is -0.113. The maximum absolute atomic E-state index is 11.3. The number of carbonyl (C=O) groups excluding carboxylic acids is 1. The van der Waals surface area contributed by atoms with Gasteiger partial charge >= 0.3 is 0 Å². The highest BCUT2D eigenvalue weighted by Crippen LogP contribution is 2.40. The minimum absolute atomic E-state index is 0.202. The zero-order valence-corrected chi connectivity index (χ0v) is 18.0. The third-order valence-electron chi connectivity index (χ3n) is 6.30. The highest BCUT2D eigenvalue weighted by molar-refractivity contribution is 5.90. The molecule has 0 unspecified atom stereocenters. The third-order valence-corrected chi connectivity index (χ3v) is 6.30. The summed E-state index contributed by atoms with van der Waals surface area (Å²) in [5, 5.41) is 4.97. The molecule has 0 aliphatic heterocycles. The monoisotopic (exact) mass is 423 g/mol. The van der Waals surface area contributed by atoms with Crippen molar-refractivity contribution in [2.75, 3.05) is 0 Å². The highest BCUT2D eigenvalue weighted by Gasteiger charge is 2.34. The number of hydrogen-bond donors (Lipinski definition) is 2. The second kappa shape index (κ2) is 7.73. The molecule has 1 amide bonds. The number of imidazole rings is 1. The molecule has 1 aliphatic carbocycles. The Labute approximate surface area is 186 Å². The zero-order valence-electron chi connectivity index (χ0n) is 18.0. The molecule has 0 saturated heterocycles. The standard InChI is InChI=1S/C26H25N5O/c1-17-22(12-13-23(27)32)31-24(29-17)16-21(18-6-3-2-4-7-18)25(30-31)19-8-10-20(11-9-19)26(28)14-5-15-26/h2-4,6-13,16H,5,14-15,28H2,1H3,(H2,27,32)/b13-12+. The number of fused-ring (bicyclic) bond motifs is 1. The fourth-order valence-corrected chi connectivity index (χ4v) is 4.31. The average Bonchev–Trinajstić information content (AvgIpc) is 3.09. The Morgan fingerprint density at radius 1 is 1.06 bits per heavy atom. The van der Waals surface area contributed by atoms with Crippen molar-refractivity contribution in [3.8, 4) is 22.4 Å². The van der Waals surface area contributed by atoms with Crippen molar-refractivity contribution in [3.05, 3.63) is 83.7 Å². The predicted octanol–water partition coefficient (Wildman–Crippen LogP) is 4.21. The van der Waals surface area contributed by atoms with Crippen LogP contribution in [0.3, 0.4) is 0 Å². The molecule has 1 fully saturated rings. The highest BCUT2D eigenvalue weighted by atomic mass is 16.1. The van der Waals surface area contributed by atoms with E-state index in [0.29, 0.717) is 5.65 Å². The van der Waals surface area contributed by atoms with Crippen LogP contribution in [0.5, 0.6) is 0 Å². The van der Waals surface area contributed by atoms with E-state index in [1.54, 1.807) is 10.6 Å². The molecule has 0 radical (unpaired) electrons. The van der Waals surface area contributed by atoms with Gasteiger partial charge < -0.3 is 11.5 Å². The number of hydrogen-bond acceptors (Lipinski definition) is 4. The van der Waals surface area contributed by atoms with Crippen LogP contribution in [-0.4, -0.2) is 20.5 Å². The quantitative estimate of drug-likeness (QED) is 0.470. The first-order chi connectivity index (χ1) is 15.4. The molecule has 0 spiro atoms. The van der Waals surface area contributed by atoms with Gasteiger partial charge in [-0.05, 0) is 49.5 Å². The molecule has 32 heavy (non-hydrogen) atoms. The summed E-state index contributed by atoms with van der Waals surface area (Å²) in [4.78, 5) is 15.9. The van der Waals surface area contributed by atoms with Gasteiger partial charge in [0.05, 0.1) is 17.1 Å². The third kappa shape index (κ3) is 3.48. The summed E-state index contributed by atoms with van der Waals surface area (Å²) >= 11 is 0. The van der Waals surface area contributed by atoms with Crippen LogP contribution in [0.1, 0.15) is 36.2 Å². The molecular weight excluding hydrogens is 398 g/mol. The number of primary amides is 1. The molecule has 0 atom stereocenters. The lowest BCUT2D eigenvalue weighted by Crippen LogP contribution is -2.43. The Morgan fingerprint density at radius 3 is 2.41 bits per heavy atom. The molecule has 160 valence electrons. The van der Waals surface area contributed by atoms with Crippen LogP contribution in [0.2, 0.25) is 0 Å². The van der Waals surface area contributed by atoms with E-state index < -0.39 is 5.91 Å². The Morgan fingerprint density at radius 2 is 1.78 bits per heavy atom. The zero-order chi connectivity index (χ0) is 22.3. The van der Waals surface area contributed by atoms with Crippen LogP contribution in [0.25, 0.3) is 34.1 Å². The molecule has 2 aromatic carbocycles. The van der Waals surface area contributed by atoms with Gasteiger partial charge in [0, 0.05) is 22.7 Å². The number of benzene rings is 2. The summed E-state index contributed by atoms with van der Waals surface area (Å²) in [6, 6.07) is 20.6. The summed E-state index contributed by atoms with van der Waals surface area (Å²) in [6.07, 6.45) is 6.22. The van der Waals surface area contributed by atoms with Crippen LogP contribution in [0.15, 0.2) is 66.7 Å². The number of aromatic nitrogens is 3. The van der Waals surface area contributed by atoms with Crippen molar-refractivity contribution in [3.63, 3.8) is 0 Å². The van der Waals surface area contributed by atoms with Crippen LogP contribution >= 0.6 is 0 Å². The minimum atomic E-state index is -0.511. The number of aryl methyl sites for hydroxylation is 1. The van der Waals surface area contributed by atoms with Gasteiger partial charge in [-0.2, -0.15) is 5.10 Å². The van der Waals surface area contributed by atoms with Crippen molar-refractivity contribution in [1.29, 1.82) is 0 Å². The normalized spacial score (nSPS) is 15.2. The lowest BCUT2D eigenvalue weighted by atomic mass is 9.72. The fraction of sp³-hybridized carbons (Fsp3) is 0.192. The summed E-state index contributed by atoms with van der Waals surface area (Å²) in [6.45, 7) is 1.89. The minimum Gasteiger partial charge on any atom is -0.366 e. The molecule has 4 N–H and O–H groups in total. The molecule has 6 nitrogen and oxygen atoms in total. The van der Waals surface area contributed by atoms with Gasteiger partial charge in [-0.25, -0.2) is 9.50 Å². The van der Waals surface area contributed by atoms with Crippen LogP contribution < -0.4 is 11.5 Å². The molecule has 1 saturated carbocycles. The number of carbonyl (C=O) groups is 1. The number of nitrogens with two attached hydrogens (primary N) is 2. The van der Waals surface area contributed by atoms with Gasteiger partial charge in [-0.15, -0.1) is 0 Å². The molecular formula is C26H25N5O. The Kier molecular flexibility index (Phi) is 4.87. The van der Waals surface area contributed by atoms with E-state index in [1.165, 1.54) is 18.1 Å². The lowest BCUT2D eigenvalue weighted by Gasteiger charge is -2.38. The first-order valence-corrected chi connectivity index (χ1v) is 10.8. The van der Waals surface area contributed by atoms with Gasteiger partial charge in [-0.1, -0.05) is 54.6 Å². The first-order valence-electron chi connectivity index (χ1n) is 10.8. The van der Waals surface area contributed by atoms with Crippen molar-refractivity contribution >= 4 is 17.6 Å². The van der Waals surface area contributed by atoms with Crippen molar-refractivity contribution in [2.24, 2.45) is 11.5 Å². The maximum Gasteiger partial charge on any atom is 0.241 e. The number of amides is 1. The van der Waals surface area contributed by atoms with E-state index in [-0.39, 0.29) is 5.54 Å². The Balaban J connectivity index is 1.69. The van der Waals surface area contributed by atoms with Crippen LogP contribution in [-0.2, 0) is 10.3 Å². The van der Waals surface area contributed by atoms with E-state index in [1.807, 2.05) is 31.2 Å². The topological polar surface area (TPSA) is 99.3 Å². The fourth-order valence-electron chi connectivity index (χ4n) is 4.31. The molecule has 1 aliphatic rings. The van der Waals surface area contributed by atoms with Gasteiger partial charge in [0.2, 0.25) is 5.91 Å². The molecule has 0 bridgehead atoms. The Bertz CT molecular complexity index is 1330. The Hall–Kier alpha value is -3.77. The maximum atomic E-state index is 11.3. The van der Waals surface area contributed by atoms with Crippen molar-refractivity contribution < 1.29 is 4.79 Å². The second-order valence-electron chi connectivity index (χ2n) is 8.45. The van der Waals surface area contributed by atoms with Crippen LogP contribution in [0, 0.1) is 6.92 Å². The smallest absolute Gasteiger partial charge is 0.241 e. The number of rotatable bonds is 5. The summed E-state index contributed by atoms with van der Waals surface area (Å²) in [7, 11) is 0. The summed E-state index contributed by atoms with van der Waals surface area (Å²) in [5.74, 6) is -0.511. The van der Waals surface area contributed by atoms with E-state index >= 15 is 0 Å². The summed E-state index contributed by atoms with van der Waals surface area (Å²) in [5.41, 5.74) is 18.9. The molecule has 5 rings (SSSR count). The average molecular weight is 424 g/mol. The largest absolute Gasteiger partial charge is 0.366 e. The van der Waals surface area contributed by atoms with E-state index in [2.05, 4.69) is 41.4 Å². The van der Waals surface area contributed by atoms with Gasteiger partial charge in [-0.3, -0.25) is 4.79 Å². The van der Waals surface area contributed by atoms with E-state index in [0.717, 1.165) is 46.6 Å². The van der Waals surface area contributed by atoms with E-state index in [4.69, 9.17) is 16.6 Å². The van der Waals surface area contributed by atoms with Gasteiger partial charge in [0.15, 0.2) is 5.65 Å². The molecule has 6 heteroatoms. The SMILES string of the molecule is Cc1nc2cc(-c3ccccc3)c(-c3ccc(C4(N)CCC4)cc3)nn2c1/C=C/C(N)=O. The van der Waals surface area contributed by atoms with E-state index in [9.17, 15) is 4.79 Å². The summed E-state index contributed by atoms with van der Waals surface area (Å²) < 4.78 is 1.76. The second-order valence-corrected chi connectivity index (χ2v) is 8.45. The van der Waals surface area contributed by atoms with Gasteiger partial charge in [0.1, 0.15) is 0 Å². The predicted molar refractivity (Wildman–Crippen MR) is 127 cm³/mol. The van der Waals surface area contributed by atoms with Crippen LogP contribution in [0.4, 0.5) is 0 Å². The van der Waals surface area contributed by atoms with Crippen molar-refractivity contribution in [1.82, 2.24) is 14.6 Å². The first kappa shape index (κ1) is 20.2. The number of nitrogens with zero attached hydrogens (tertiary/aromatic N) is 3. The van der Waals surface area contributed by atoms with Crippen molar-refractivity contribution in [2.45, 2.75) is 31.7 Å².